The number of carbonyl (C=O) groups is 2. The molecule has 8 heteroatoms. The normalized spacial score (nSPS) is 17.6. The maximum atomic E-state index is 13.6. The number of aliphatic hydroxyl groups is 1. The first-order valence-corrected chi connectivity index (χ1v) is 9.85. The van der Waals surface area contributed by atoms with Gasteiger partial charge >= 0.3 is 0 Å². The summed E-state index contributed by atoms with van der Waals surface area (Å²) in [6, 6.07) is 13.5. The van der Waals surface area contributed by atoms with E-state index in [4.69, 9.17) is 16.3 Å². The van der Waals surface area contributed by atoms with Crippen LogP contribution >= 0.6 is 11.6 Å². The maximum absolute atomic E-state index is 13.6. The van der Waals surface area contributed by atoms with Crippen molar-refractivity contribution in [1.29, 1.82) is 0 Å². The van der Waals surface area contributed by atoms with Crippen molar-refractivity contribution in [1.82, 2.24) is 0 Å². The number of ether oxygens (including phenoxy) is 1. The molecule has 0 saturated carbocycles. The molecule has 0 aromatic heterocycles. The number of amides is 1. The molecule has 1 N–H and O–H groups in total. The van der Waals surface area contributed by atoms with Crippen molar-refractivity contribution in [3.63, 3.8) is 0 Å². The fraction of sp³-hybridized carbons (Fsp3) is 0.0833. The lowest BCUT2D eigenvalue weighted by molar-refractivity contribution is -0.132. The second-order valence-corrected chi connectivity index (χ2v) is 7.48. The highest BCUT2D eigenvalue weighted by Gasteiger charge is 2.47. The lowest BCUT2D eigenvalue weighted by Gasteiger charge is -2.25. The number of aliphatic hydroxyl groups excluding tert-OH is 1. The molecule has 0 spiro atoms. The highest BCUT2D eigenvalue weighted by atomic mass is 35.5. The Labute approximate surface area is 187 Å². The van der Waals surface area contributed by atoms with E-state index < -0.39 is 35.1 Å². The van der Waals surface area contributed by atoms with Crippen LogP contribution < -0.4 is 9.64 Å². The van der Waals surface area contributed by atoms with E-state index in [1.807, 2.05) is 0 Å². The van der Waals surface area contributed by atoms with Crippen LogP contribution in [0.2, 0.25) is 5.02 Å². The Balaban J connectivity index is 1.98. The third kappa shape index (κ3) is 3.71. The summed E-state index contributed by atoms with van der Waals surface area (Å²) in [5, 5.41) is 11.4. The molecule has 1 aliphatic heterocycles. The van der Waals surface area contributed by atoms with Crippen molar-refractivity contribution < 1.29 is 28.2 Å². The number of rotatable bonds is 4. The molecule has 4 rings (SSSR count). The first-order valence-electron chi connectivity index (χ1n) is 9.47. The fourth-order valence-corrected chi connectivity index (χ4v) is 3.84. The van der Waals surface area contributed by atoms with E-state index in [9.17, 15) is 23.5 Å². The molecule has 0 radical (unpaired) electrons. The molecule has 3 aromatic rings. The Morgan fingerprint density at radius 2 is 1.56 bits per heavy atom. The summed E-state index contributed by atoms with van der Waals surface area (Å²) in [5.41, 5.74) is 0.494. The quantitative estimate of drug-likeness (QED) is 0.331. The van der Waals surface area contributed by atoms with Gasteiger partial charge in [-0.2, -0.15) is 0 Å². The predicted molar refractivity (Wildman–Crippen MR) is 116 cm³/mol. The van der Waals surface area contributed by atoms with Gasteiger partial charge in [0.25, 0.3) is 11.7 Å². The second kappa shape index (κ2) is 8.43. The van der Waals surface area contributed by atoms with Crippen LogP contribution in [0.25, 0.3) is 5.76 Å². The average molecular weight is 456 g/mol. The third-order valence-electron chi connectivity index (χ3n) is 5.15. The van der Waals surface area contributed by atoms with Gasteiger partial charge in [0.05, 0.1) is 24.3 Å². The summed E-state index contributed by atoms with van der Waals surface area (Å²) in [5.74, 6) is -3.17. The Bertz CT molecular complexity index is 1240. The highest BCUT2D eigenvalue weighted by molar-refractivity contribution is 6.51. The molecule has 3 aromatic carbocycles. The summed E-state index contributed by atoms with van der Waals surface area (Å²) in [6.45, 7) is 0. The molecule has 1 saturated heterocycles. The van der Waals surface area contributed by atoms with Crippen molar-refractivity contribution in [2.24, 2.45) is 0 Å². The second-order valence-electron chi connectivity index (χ2n) is 7.04. The van der Waals surface area contributed by atoms with E-state index in [-0.39, 0.29) is 27.6 Å². The van der Waals surface area contributed by atoms with E-state index >= 15 is 0 Å². The number of carbonyl (C=O) groups excluding carboxylic acids is 2. The molecule has 1 heterocycles. The van der Waals surface area contributed by atoms with Gasteiger partial charge < -0.3 is 9.84 Å². The van der Waals surface area contributed by atoms with Crippen molar-refractivity contribution in [2.45, 2.75) is 6.04 Å². The summed E-state index contributed by atoms with van der Waals surface area (Å²) >= 11 is 6.07. The molecule has 1 unspecified atom stereocenters. The zero-order valence-electron chi connectivity index (χ0n) is 16.7. The Hall–Kier alpha value is -3.71. The van der Waals surface area contributed by atoms with Crippen LogP contribution in [0.3, 0.4) is 0 Å². The number of ketones is 1. The molecule has 162 valence electrons. The molecule has 1 aliphatic rings. The molecule has 1 atom stereocenters. The lowest BCUT2D eigenvalue weighted by atomic mass is 9.95. The summed E-state index contributed by atoms with van der Waals surface area (Å²) in [4.78, 5) is 27.2. The molecule has 5 nitrogen and oxygen atoms in total. The first-order chi connectivity index (χ1) is 15.3. The molecule has 0 bridgehead atoms. The molecular formula is C24H16ClF2NO4. The maximum Gasteiger partial charge on any atom is 0.300 e. The highest BCUT2D eigenvalue weighted by Crippen LogP contribution is 2.43. The lowest BCUT2D eigenvalue weighted by Crippen LogP contribution is -2.29. The number of Topliss-reactive ketones (excluding diaryl/α,β-unsaturated/α-hetero) is 1. The minimum Gasteiger partial charge on any atom is -0.507 e. The number of hydrogen-bond donors (Lipinski definition) is 1. The minimum absolute atomic E-state index is 0.115. The van der Waals surface area contributed by atoms with Gasteiger partial charge in [0, 0.05) is 10.7 Å². The van der Waals surface area contributed by atoms with Gasteiger partial charge in [-0.15, -0.1) is 0 Å². The average Bonchev–Trinajstić information content (AvgIpc) is 3.05. The Morgan fingerprint density at radius 3 is 2.16 bits per heavy atom. The van der Waals surface area contributed by atoms with Crippen LogP contribution in [0.5, 0.6) is 5.75 Å². The van der Waals surface area contributed by atoms with Gasteiger partial charge in [-0.25, -0.2) is 8.78 Å². The van der Waals surface area contributed by atoms with E-state index in [1.165, 1.54) is 55.6 Å². The zero-order chi connectivity index (χ0) is 23.0. The molecule has 1 fully saturated rings. The SMILES string of the molecule is COc1ccc(Cl)cc1/C(O)=C1\C(=O)C(=O)N(c2ccc(F)cc2)C1c1ccc(F)cc1. The Kier molecular flexibility index (Phi) is 5.67. The van der Waals surface area contributed by atoms with Crippen molar-refractivity contribution in [2.75, 3.05) is 12.0 Å². The van der Waals surface area contributed by atoms with Gasteiger partial charge in [-0.1, -0.05) is 23.7 Å². The van der Waals surface area contributed by atoms with Crippen LogP contribution in [0, 0.1) is 11.6 Å². The van der Waals surface area contributed by atoms with Crippen LogP contribution in [0.15, 0.2) is 72.3 Å². The summed E-state index contributed by atoms with van der Waals surface area (Å²) in [7, 11) is 1.38. The van der Waals surface area contributed by atoms with E-state index in [1.54, 1.807) is 6.07 Å². The third-order valence-corrected chi connectivity index (χ3v) is 5.39. The molecular weight excluding hydrogens is 440 g/mol. The number of benzene rings is 3. The van der Waals surface area contributed by atoms with Gasteiger partial charge in [0.15, 0.2) is 0 Å². The molecule has 0 aliphatic carbocycles. The van der Waals surface area contributed by atoms with Crippen LogP contribution in [0.4, 0.5) is 14.5 Å². The minimum atomic E-state index is -1.09. The number of anilines is 1. The predicted octanol–water partition coefficient (Wildman–Crippen LogP) is 5.25. The smallest absolute Gasteiger partial charge is 0.300 e. The fourth-order valence-electron chi connectivity index (χ4n) is 3.67. The topological polar surface area (TPSA) is 66.8 Å². The van der Waals surface area contributed by atoms with Crippen LogP contribution in [0.1, 0.15) is 17.2 Å². The van der Waals surface area contributed by atoms with Gasteiger partial charge in [-0.3, -0.25) is 14.5 Å². The van der Waals surface area contributed by atoms with E-state index in [0.717, 1.165) is 17.0 Å². The number of hydrogen-bond acceptors (Lipinski definition) is 4. The van der Waals surface area contributed by atoms with Gasteiger partial charge in [0.1, 0.15) is 23.1 Å². The van der Waals surface area contributed by atoms with Crippen LogP contribution in [-0.2, 0) is 9.59 Å². The first kappa shape index (κ1) is 21.5. The Morgan fingerprint density at radius 1 is 0.969 bits per heavy atom. The largest absolute Gasteiger partial charge is 0.507 e. The van der Waals surface area contributed by atoms with E-state index in [0.29, 0.717) is 5.56 Å². The monoisotopic (exact) mass is 455 g/mol. The molecule has 32 heavy (non-hydrogen) atoms. The van der Waals surface area contributed by atoms with Gasteiger partial charge in [0.2, 0.25) is 0 Å². The van der Waals surface area contributed by atoms with Crippen LogP contribution in [-0.4, -0.2) is 23.9 Å². The van der Waals surface area contributed by atoms with Gasteiger partial charge in [-0.05, 0) is 60.2 Å². The summed E-state index contributed by atoms with van der Waals surface area (Å²) in [6.07, 6.45) is 0. The standard InChI is InChI=1S/C24H16ClF2NO4/c1-32-19-11-4-14(25)12-18(19)22(29)20-21(13-2-5-15(26)6-3-13)28(24(31)23(20)30)17-9-7-16(27)8-10-17/h2-12,21,29H,1H3/b22-20+. The zero-order valence-corrected chi connectivity index (χ0v) is 17.4. The van der Waals surface area contributed by atoms with Crippen molar-refractivity contribution in [3.8, 4) is 5.75 Å². The van der Waals surface area contributed by atoms with E-state index in [2.05, 4.69) is 0 Å². The number of nitrogens with zero attached hydrogens (tertiary/aromatic N) is 1. The molecule has 1 amide bonds. The summed E-state index contributed by atoms with van der Waals surface area (Å²) < 4.78 is 32.3. The number of halogens is 3. The van der Waals surface area contributed by atoms with Crippen molar-refractivity contribution >= 4 is 34.7 Å². The number of methoxy groups -OCH3 is 1. The van der Waals surface area contributed by atoms with Crippen molar-refractivity contribution in [3.05, 3.63) is 100 Å².